The Hall–Kier alpha value is -1.09. The molecular formula is C9H10ClNO2. The van der Waals surface area contributed by atoms with Crippen LogP contribution in [-0.4, -0.2) is 15.9 Å². The maximum Gasteiger partial charge on any atom is 0.170 e. The molecule has 0 unspecified atom stereocenters. The Morgan fingerprint density at radius 3 is 2.69 bits per heavy atom. The maximum atomic E-state index is 11.4. The molecule has 0 saturated heterocycles. The van der Waals surface area contributed by atoms with Crippen LogP contribution in [0.25, 0.3) is 0 Å². The third kappa shape index (κ3) is 2.18. The second-order valence-electron chi connectivity index (χ2n) is 3.05. The SMILES string of the molecule is CC(C)C(=O)c1cnc(Cl)c(O)c1. The van der Waals surface area contributed by atoms with Crippen molar-refractivity contribution >= 4 is 17.4 Å². The van der Waals surface area contributed by atoms with Crippen molar-refractivity contribution in [3.8, 4) is 5.75 Å². The van der Waals surface area contributed by atoms with Crippen molar-refractivity contribution in [2.24, 2.45) is 5.92 Å². The number of ketones is 1. The fraction of sp³-hybridized carbons (Fsp3) is 0.333. The molecule has 0 radical (unpaired) electrons. The summed E-state index contributed by atoms with van der Waals surface area (Å²) in [5.74, 6) is -0.324. The van der Waals surface area contributed by atoms with E-state index in [9.17, 15) is 9.90 Å². The second kappa shape index (κ2) is 3.75. The average Bonchev–Trinajstić information content (AvgIpc) is 2.08. The number of hydrogen-bond donors (Lipinski definition) is 1. The minimum absolute atomic E-state index is 0.0142. The van der Waals surface area contributed by atoms with Crippen molar-refractivity contribution in [3.63, 3.8) is 0 Å². The molecule has 1 rings (SSSR count). The Morgan fingerprint density at radius 2 is 2.23 bits per heavy atom. The van der Waals surface area contributed by atoms with Gasteiger partial charge in [0.15, 0.2) is 16.7 Å². The van der Waals surface area contributed by atoms with Crippen LogP contribution in [0, 0.1) is 5.92 Å². The van der Waals surface area contributed by atoms with Crippen LogP contribution >= 0.6 is 11.6 Å². The van der Waals surface area contributed by atoms with E-state index in [1.165, 1.54) is 12.3 Å². The number of hydrogen-bond acceptors (Lipinski definition) is 3. The van der Waals surface area contributed by atoms with Crippen LogP contribution in [0.1, 0.15) is 24.2 Å². The van der Waals surface area contributed by atoms with Crippen molar-refractivity contribution in [1.82, 2.24) is 4.98 Å². The van der Waals surface area contributed by atoms with Gasteiger partial charge in [-0.15, -0.1) is 0 Å². The highest BCUT2D eigenvalue weighted by atomic mass is 35.5. The summed E-state index contributed by atoms with van der Waals surface area (Å²) in [4.78, 5) is 15.1. The molecule has 0 fully saturated rings. The number of carbonyl (C=O) groups is 1. The first kappa shape index (κ1) is 9.99. The van der Waals surface area contributed by atoms with Gasteiger partial charge in [-0.1, -0.05) is 25.4 Å². The largest absolute Gasteiger partial charge is 0.505 e. The highest BCUT2D eigenvalue weighted by Crippen LogP contribution is 2.21. The van der Waals surface area contributed by atoms with E-state index in [1.54, 1.807) is 13.8 Å². The molecule has 0 aliphatic heterocycles. The first-order valence-electron chi connectivity index (χ1n) is 3.91. The molecule has 1 N–H and O–H groups in total. The monoisotopic (exact) mass is 199 g/mol. The normalized spacial score (nSPS) is 10.5. The Labute approximate surface area is 81.4 Å². The lowest BCUT2D eigenvalue weighted by atomic mass is 10.0. The zero-order valence-electron chi connectivity index (χ0n) is 7.41. The van der Waals surface area contributed by atoms with Crippen LogP contribution in [0.5, 0.6) is 5.75 Å². The van der Waals surface area contributed by atoms with Crippen LogP contribution in [0.4, 0.5) is 0 Å². The molecule has 0 aliphatic carbocycles. The zero-order chi connectivity index (χ0) is 10.0. The number of halogens is 1. The summed E-state index contributed by atoms with van der Waals surface area (Å²) in [7, 11) is 0. The molecular weight excluding hydrogens is 190 g/mol. The molecule has 1 aromatic heterocycles. The van der Waals surface area contributed by atoms with Crippen molar-refractivity contribution < 1.29 is 9.90 Å². The molecule has 3 nitrogen and oxygen atoms in total. The molecule has 1 heterocycles. The molecule has 0 amide bonds. The van der Waals surface area contributed by atoms with Gasteiger partial charge in [-0.3, -0.25) is 4.79 Å². The summed E-state index contributed by atoms with van der Waals surface area (Å²) in [6.45, 7) is 3.57. The summed E-state index contributed by atoms with van der Waals surface area (Å²) in [5, 5.41) is 9.20. The third-order valence-corrected chi connectivity index (χ3v) is 1.92. The van der Waals surface area contributed by atoms with E-state index in [-0.39, 0.29) is 22.6 Å². The summed E-state index contributed by atoms with van der Waals surface area (Å²) >= 11 is 5.49. The smallest absolute Gasteiger partial charge is 0.170 e. The Morgan fingerprint density at radius 1 is 1.62 bits per heavy atom. The van der Waals surface area contributed by atoms with E-state index in [4.69, 9.17) is 11.6 Å². The topological polar surface area (TPSA) is 50.2 Å². The minimum atomic E-state index is -0.159. The predicted molar refractivity (Wildman–Crippen MR) is 50.1 cm³/mol. The Kier molecular flexibility index (Phi) is 2.88. The lowest BCUT2D eigenvalue weighted by Crippen LogP contribution is -2.07. The van der Waals surface area contributed by atoms with E-state index in [0.717, 1.165) is 0 Å². The van der Waals surface area contributed by atoms with E-state index >= 15 is 0 Å². The van der Waals surface area contributed by atoms with Gasteiger partial charge in [-0.25, -0.2) is 4.98 Å². The molecule has 13 heavy (non-hydrogen) atoms. The summed E-state index contributed by atoms with van der Waals surface area (Å²) in [5.41, 5.74) is 0.386. The maximum absolute atomic E-state index is 11.4. The van der Waals surface area contributed by atoms with Gasteiger partial charge in [0.1, 0.15) is 0 Å². The average molecular weight is 200 g/mol. The number of nitrogens with zero attached hydrogens (tertiary/aromatic N) is 1. The van der Waals surface area contributed by atoms with Gasteiger partial charge >= 0.3 is 0 Å². The number of aromatic nitrogens is 1. The van der Waals surface area contributed by atoms with Gasteiger partial charge < -0.3 is 5.11 Å². The van der Waals surface area contributed by atoms with Gasteiger partial charge in [-0.05, 0) is 6.07 Å². The molecule has 0 bridgehead atoms. The van der Waals surface area contributed by atoms with Gasteiger partial charge in [0, 0.05) is 17.7 Å². The molecule has 70 valence electrons. The first-order valence-corrected chi connectivity index (χ1v) is 4.29. The van der Waals surface area contributed by atoms with Crippen LogP contribution in [0.15, 0.2) is 12.3 Å². The van der Waals surface area contributed by atoms with Gasteiger partial charge in [0.2, 0.25) is 0 Å². The van der Waals surface area contributed by atoms with Crippen molar-refractivity contribution in [3.05, 3.63) is 23.0 Å². The Bertz CT molecular complexity index is 336. The second-order valence-corrected chi connectivity index (χ2v) is 3.41. The van der Waals surface area contributed by atoms with Crippen LogP contribution in [-0.2, 0) is 0 Å². The molecule has 0 spiro atoms. The quantitative estimate of drug-likeness (QED) is 0.587. The minimum Gasteiger partial charge on any atom is -0.505 e. The number of carbonyl (C=O) groups excluding carboxylic acids is 1. The molecule has 0 atom stereocenters. The van der Waals surface area contributed by atoms with E-state index in [1.807, 2.05) is 0 Å². The van der Waals surface area contributed by atoms with Gasteiger partial charge in [0.05, 0.1) is 0 Å². The van der Waals surface area contributed by atoms with Crippen LogP contribution < -0.4 is 0 Å². The number of rotatable bonds is 2. The number of aromatic hydroxyl groups is 1. The summed E-state index contributed by atoms with van der Waals surface area (Å²) < 4.78 is 0. The molecule has 0 aliphatic rings. The van der Waals surface area contributed by atoms with Crippen molar-refractivity contribution in [2.75, 3.05) is 0 Å². The van der Waals surface area contributed by atoms with E-state index < -0.39 is 0 Å². The highest BCUT2D eigenvalue weighted by Gasteiger charge is 2.12. The molecule has 4 heteroatoms. The van der Waals surface area contributed by atoms with Gasteiger partial charge in [-0.2, -0.15) is 0 Å². The third-order valence-electron chi connectivity index (χ3n) is 1.63. The Balaban J connectivity index is 3.04. The van der Waals surface area contributed by atoms with Crippen molar-refractivity contribution in [1.29, 1.82) is 0 Å². The van der Waals surface area contributed by atoms with Crippen molar-refractivity contribution in [2.45, 2.75) is 13.8 Å². The van der Waals surface area contributed by atoms with Crippen LogP contribution in [0.2, 0.25) is 5.15 Å². The lowest BCUT2D eigenvalue weighted by Gasteiger charge is -2.04. The van der Waals surface area contributed by atoms with E-state index in [0.29, 0.717) is 5.56 Å². The number of pyridine rings is 1. The van der Waals surface area contributed by atoms with Gasteiger partial charge in [0.25, 0.3) is 0 Å². The predicted octanol–water partition coefficient (Wildman–Crippen LogP) is 2.28. The fourth-order valence-corrected chi connectivity index (χ4v) is 1.01. The fourth-order valence-electron chi connectivity index (χ4n) is 0.905. The standard InChI is InChI=1S/C9H10ClNO2/c1-5(2)8(13)6-3-7(12)9(10)11-4-6/h3-5,12H,1-2H3. The van der Waals surface area contributed by atoms with E-state index in [2.05, 4.69) is 4.98 Å². The van der Waals surface area contributed by atoms with Crippen LogP contribution in [0.3, 0.4) is 0 Å². The first-order chi connectivity index (χ1) is 6.02. The molecule has 1 aromatic rings. The summed E-state index contributed by atoms with van der Waals surface area (Å²) in [6.07, 6.45) is 1.37. The number of Topliss-reactive ketones (excluding diaryl/α,β-unsaturated/α-hetero) is 1. The molecule has 0 aromatic carbocycles. The summed E-state index contributed by atoms with van der Waals surface area (Å²) in [6, 6.07) is 1.33. The zero-order valence-corrected chi connectivity index (χ0v) is 8.17. The lowest BCUT2D eigenvalue weighted by molar-refractivity contribution is 0.0938. The molecule has 0 saturated carbocycles. The highest BCUT2D eigenvalue weighted by molar-refractivity contribution is 6.30.